The first-order valence-corrected chi connectivity index (χ1v) is 15.8. The summed E-state index contributed by atoms with van der Waals surface area (Å²) in [5, 5.41) is 22.0. The number of aliphatic hydroxyl groups excluding tert-OH is 1. The Morgan fingerprint density at radius 3 is 2.32 bits per heavy atom. The van der Waals surface area contributed by atoms with Crippen LogP contribution in [-0.4, -0.2) is 99.5 Å². The Balaban J connectivity index is 1.27. The van der Waals surface area contributed by atoms with Gasteiger partial charge in [-0.3, -0.25) is 9.80 Å². The van der Waals surface area contributed by atoms with E-state index in [4.69, 9.17) is 38.0 Å². The van der Waals surface area contributed by atoms with Gasteiger partial charge in [-0.25, -0.2) is 19.7 Å². The molecule has 1 unspecified atom stereocenters. The van der Waals surface area contributed by atoms with Crippen molar-refractivity contribution in [3.8, 4) is 22.9 Å². The Labute approximate surface area is 267 Å². The fourth-order valence-electron chi connectivity index (χ4n) is 5.78. The van der Waals surface area contributed by atoms with E-state index in [1.807, 2.05) is 24.3 Å². The minimum absolute atomic E-state index is 0.343. The van der Waals surface area contributed by atoms with Gasteiger partial charge in [0.25, 0.3) is 0 Å². The standard InChI is InChI=1S/C31H39Cl2N7O4/c1-21(41)19-39-8-10-40(11-9-39)30-35-17-27(18-36-30)44-29-13-23(12-28(37-29)24-14-25(32)16-26(33)15-24)20-38-6-3-22(4-7-38)2-5-34-31(42)43/h12-18,21-22,34,41H,2-11,19-20H2,1H3,(H,42,43). The first kappa shape index (κ1) is 32.2. The molecule has 2 fully saturated rings. The highest BCUT2D eigenvalue weighted by Crippen LogP contribution is 2.31. The summed E-state index contributed by atoms with van der Waals surface area (Å²) >= 11 is 12.6. The fraction of sp³-hybridized carbons (Fsp3) is 0.484. The van der Waals surface area contributed by atoms with E-state index in [0.29, 0.717) is 52.3 Å². The zero-order valence-electron chi connectivity index (χ0n) is 24.8. The number of amides is 1. The number of halogens is 2. The first-order valence-electron chi connectivity index (χ1n) is 15.0. The summed E-state index contributed by atoms with van der Waals surface area (Å²) in [7, 11) is 0. The molecule has 13 heteroatoms. The number of benzene rings is 1. The maximum Gasteiger partial charge on any atom is 0.404 e. The van der Waals surface area contributed by atoms with Crippen LogP contribution < -0.4 is 15.0 Å². The first-order chi connectivity index (χ1) is 21.2. The summed E-state index contributed by atoms with van der Waals surface area (Å²) < 4.78 is 6.18. The number of carboxylic acid groups (broad SMARTS) is 1. The van der Waals surface area contributed by atoms with Gasteiger partial charge >= 0.3 is 6.09 Å². The maximum atomic E-state index is 10.8. The summed E-state index contributed by atoms with van der Waals surface area (Å²) in [5.41, 5.74) is 2.53. The molecule has 2 aliphatic heterocycles. The van der Waals surface area contributed by atoms with Crippen LogP contribution in [-0.2, 0) is 6.54 Å². The zero-order valence-corrected chi connectivity index (χ0v) is 26.3. The van der Waals surface area contributed by atoms with Crippen molar-refractivity contribution in [1.29, 1.82) is 0 Å². The molecule has 0 bridgehead atoms. The SMILES string of the molecule is CC(O)CN1CCN(c2ncc(Oc3cc(CN4CCC(CCNC(=O)O)CC4)cc(-c4cc(Cl)cc(Cl)c4)n3)cn2)CC1. The minimum Gasteiger partial charge on any atom is -0.465 e. The van der Waals surface area contributed by atoms with Crippen molar-refractivity contribution in [3.05, 3.63) is 58.3 Å². The molecule has 44 heavy (non-hydrogen) atoms. The number of nitrogens with zero attached hydrogens (tertiary/aromatic N) is 6. The second kappa shape index (κ2) is 15.2. The number of piperazine rings is 1. The van der Waals surface area contributed by atoms with Gasteiger partial charge in [0.2, 0.25) is 11.8 Å². The van der Waals surface area contributed by atoms with Gasteiger partial charge in [-0.15, -0.1) is 0 Å². The van der Waals surface area contributed by atoms with Gasteiger partial charge in [0.15, 0.2) is 5.75 Å². The monoisotopic (exact) mass is 643 g/mol. The lowest BCUT2D eigenvalue weighted by Crippen LogP contribution is -2.48. The predicted octanol–water partition coefficient (Wildman–Crippen LogP) is 5.01. The molecule has 2 aromatic heterocycles. The number of pyridine rings is 1. The molecule has 5 rings (SSSR count). The van der Waals surface area contributed by atoms with E-state index in [9.17, 15) is 9.90 Å². The van der Waals surface area contributed by atoms with Gasteiger partial charge in [-0.05, 0) is 75.0 Å². The molecule has 236 valence electrons. The van der Waals surface area contributed by atoms with E-state index in [0.717, 1.165) is 76.2 Å². The minimum atomic E-state index is -0.972. The second-order valence-electron chi connectivity index (χ2n) is 11.6. The van der Waals surface area contributed by atoms with Crippen molar-refractivity contribution in [2.75, 3.05) is 57.3 Å². The average Bonchev–Trinajstić information content (AvgIpc) is 2.98. The summed E-state index contributed by atoms with van der Waals surface area (Å²) in [4.78, 5) is 31.4. The Kier molecular flexibility index (Phi) is 11.1. The van der Waals surface area contributed by atoms with Crippen molar-refractivity contribution >= 4 is 35.2 Å². The number of nitrogens with one attached hydrogen (secondary N) is 1. The molecule has 3 aromatic rings. The highest BCUT2D eigenvalue weighted by atomic mass is 35.5. The zero-order chi connectivity index (χ0) is 31.1. The number of ether oxygens (including phenoxy) is 1. The topological polar surface area (TPSA) is 127 Å². The van der Waals surface area contributed by atoms with Crippen LogP contribution in [0.5, 0.6) is 11.6 Å². The van der Waals surface area contributed by atoms with E-state index in [-0.39, 0.29) is 6.10 Å². The summed E-state index contributed by atoms with van der Waals surface area (Å²) in [6.07, 6.45) is 4.91. The Morgan fingerprint density at radius 1 is 1.00 bits per heavy atom. The van der Waals surface area contributed by atoms with E-state index in [2.05, 4.69) is 30.0 Å². The molecule has 1 atom stereocenters. The average molecular weight is 645 g/mol. The smallest absolute Gasteiger partial charge is 0.404 e. The van der Waals surface area contributed by atoms with Crippen molar-refractivity contribution in [2.24, 2.45) is 5.92 Å². The number of hydrogen-bond acceptors (Lipinski definition) is 9. The normalized spacial score (nSPS) is 17.4. The molecule has 2 saturated heterocycles. The van der Waals surface area contributed by atoms with Crippen molar-refractivity contribution < 1.29 is 19.7 Å². The summed E-state index contributed by atoms with van der Waals surface area (Å²) in [6, 6.07) is 9.33. The van der Waals surface area contributed by atoms with Gasteiger partial charge in [0.1, 0.15) is 0 Å². The number of piperidine rings is 1. The Bertz CT molecular complexity index is 1380. The number of aromatic nitrogens is 3. The van der Waals surface area contributed by atoms with Crippen molar-refractivity contribution in [2.45, 2.75) is 38.8 Å². The lowest BCUT2D eigenvalue weighted by atomic mass is 9.93. The van der Waals surface area contributed by atoms with Crippen molar-refractivity contribution in [1.82, 2.24) is 30.1 Å². The molecule has 1 aromatic carbocycles. The van der Waals surface area contributed by atoms with Crippen LogP contribution in [0.1, 0.15) is 31.7 Å². The van der Waals surface area contributed by atoms with Crippen LogP contribution in [0, 0.1) is 5.92 Å². The number of carbonyl (C=O) groups is 1. The molecule has 0 aliphatic carbocycles. The predicted molar refractivity (Wildman–Crippen MR) is 171 cm³/mol. The molecule has 0 radical (unpaired) electrons. The van der Waals surface area contributed by atoms with E-state index in [1.54, 1.807) is 25.4 Å². The van der Waals surface area contributed by atoms with Crippen LogP contribution in [0.15, 0.2) is 42.7 Å². The number of rotatable bonds is 11. The summed E-state index contributed by atoms with van der Waals surface area (Å²) in [6.45, 7) is 8.81. The Hall–Kier alpha value is -3.22. The van der Waals surface area contributed by atoms with E-state index in [1.165, 1.54) is 0 Å². The molecule has 3 N–H and O–H groups in total. The maximum absolute atomic E-state index is 10.8. The molecule has 4 heterocycles. The van der Waals surface area contributed by atoms with Crippen LogP contribution in [0.25, 0.3) is 11.3 Å². The summed E-state index contributed by atoms with van der Waals surface area (Å²) in [5.74, 6) is 2.06. The van der Waals surface area contributed by atoms with Gasteiger partial charge in [0.05, 0.1) is 24.2 Å². The highest BCUT2D eigenvalue weighted by Gasteiger charge is 2.22. The molecular weight excluding hydrogens is 605 g/mol. The van der Waals surface area contributed by atoms with Crippen LogP contribution >= 0.6 is 23.2 Å². The van der Waals surface area contributed by atoms with Gasteiger partial charge < -0.3 is 25.2 Å². The van der Waals surface area contributed by atoms with Crippen LogP contribution in [0.4, 0.5) is 10.7 Å². The number of β-amino-alcohol motifs (C(OH)–C–C–N with tert-alkyl or cyclic N) is 1. The lowest BCUT2D eigenvalue weighted by Gasteiger charge is -2.35. The number of hydrogen-bond donors (Lipinski definition) is 3. The van der Waals surface area contributed by atoms with Gasteiger partial charge in [-0.2, -0.15) is 0 Å². The molecule has 11 nitrogen and oxygen atoms in total. The third kappa shape index (κ3) is 9.39. The molecule has 0 saturated carbocycles. The second-order valence-corrected chi connectivity index (χ2v) is 12.4. The highest BCUT2D eigenvalue weighted by molar-refractivity contribution is 6.35. The quantitative estimate of drug-likeness (QED) is 0.262. The van der Waals surface area contributed by atoms with Crippen LogP contribution in [0.3, 0.4) is 0 Å². The van der Waals surface area contributed by atoms with Crippen molar-refractivity contribution in [3.63, 3.8) is 0 Å². The number of aliphatic hydroxyl groups is 1. The lowest BCUT2D eigenvalue weighted by molar-refractivity contribution is 0.122. The largest absolute Gasteiger partial charge is 0.465 e. The molecule has 2 aliphatic rings. The number of anilines is 1. The number of likely N-dealkylation sites (tertiary alicyclic amines) is 1. The molecule has 0 spiro atoms. The molecule has 1 amide bonds. The Morgan fingerprint density at radius 2 is 1.68 bits per heavy atom. The van der Waals surface area contributed by atoms with Gasteiger partial charge in [0, 0.05) is 67.5 Å². The van der Waals surface area contributed by atoms with E-state index < -0.39 is 6.09 Å². The third-order valence-corrected chi connectivity index (χ3v) is 8.41. The van der Waals surface area contributed by atoms with Crippen LogP contribution in [0.2, 0.25) is 10.0 Å². The third-order valence-electron chi connectivity index (χ3n) is 7.98. The molecular formula is C31H39Cl2N7O4. The van der Waals surface area contributed by atoms with Gasteiger partial charge in [-0.1, -0.05) is 23.2 Å². The van der Waals surface area contributed by atoms with E-state index >= 15 is 0 Å². The fourth-order valence-corrected chi connectivity index (χ4v) is 6.30.